The van der Waals surface area contributed by atoms with Crippen LogP contribution in [-0.4, -0.2) is 47.5 Å². The molecule has 0 bridgehead atoms. The fourth-order valence-corrected chi connectivity index (χ4v) is 5.56. The minimum absolute atomic E-state index is 0.0665. The van der Waals surface area contributed by atoms with Crippen LogP contribution < -0.4 is 5.56 Å². The Morgan fingerprint density at radius 2 is 1.93 bits per heavy atom. The molecule has 9 heteroatoms. The summed E-state index contributed by atoms with van der Waals surface area (Å²) in [7, 11) is 0. The molecule has 0 spiro atoms. The van der Waals surface area contributed by atoms with Crippen LogP contribution in [0.1, 0.15) is 55.1 Å². The summed E-state index contributed by atoms with van der Waals surface area (Å²) in [5.74, 6) is 1.78. The minimum atomic E-state index is -0.0665. The Kier molecular flexibility index (Phi) is 5.72. The zero-order chi connectivity index (χ0) is 20.3. The highest BCUT2D eigenvalue weighted by Gasteiger charge is 2.23. The van der Waals surface area contributed by atoms with Gasteiger partial charge in [-0.3, -0.25) is 9.69 Å². The number of aromatic nitrogens is 6. The van der Waals surface area contributed by atoms with Crippen molar-refractivity contribution >= 4 is 11.3 Å². The minimum Gasteiger partial charge on any atom is -0.297 e. The van der Waals surface area contributed by atoms with Gasteiger partial charge in [0.05, 0.1) is 10.7 Å². The molecule has 2 fully saturated rings. The molecule has 0 N–H and O–H groups in total. The predicted octanol–water partition coefficient (Wildman–Crippen LogP) is 2.85. The van der Waals surface area contributed by atoms with Crippen LogP contribution in [0.2, 0.25) is 0 Å². The fourth-order valence-electron chi connectivity index (χ4n) is 4.57. The Labute approximate surface area is 179 Å². The Hall–Kier alpha value is -2.39. The third-order valence-electron chi connectivity index (χ3n) is 6.30. The quantitative estimate of drug-likeness (QED) is 0.604. The Balaban J connectivity index is 1.16. The number of piperidine rings is 1. The molecule has 4 heterocycles. The van der Waals surface area contributed by atoms with Gasteiger partial charge < -0.3 is 0 Å². The van der Waals surface area contributed by atoms with E-state index in [0.29, 0.717) is 24.2 Å². The maximum Gasteiger partial charge on any atom is 0.266 e. The molecule has 0 unspecified atom stereocenters. The van der Waals surface area contributed by atoms with Gasteiger partial charge in [0.1, 0.15) is 12.7 Å². The zero-order valence-corrected chi connectivity index (χ0v) is 17.9. The van der Waals surface area contributed by atoms with Crippen LogP contribution in [0.4, 0.5) is 0 Å². The Bertz CT molecular complexity index is 1010. The normalized spacial score (nSPS) is 18.9. The summed E-state index contributed by atoms with van der Waals surface area (Å²) in [6.07, 6.45) is 10.5. The van der Waals surface area contributed by atoms with Gasteiger partial charge in [-0.2, -0.15) is 5.10 Å². The first kappa shape index (κ1) is 19.6. The second kappa shape index (κ2) is 8.77. The lowest BCUT2D eigenvalue weighted by molar-refractivity contribution is 0.162. The number of hydrogen-bond acceptors (Lipinski definition) is 7. The summed E-state index contributed by atoms with van der Waals surface area (Å²) in [5.41, 5.74) is 1.15. The molecule has 1 saturated carbocycles. The van der Waals surface area contributed by atoms with Crippen LogP contribution >= 0.6 is 11.3 Å². The second-order valence-electron chi connectivity index (χ2n) is 8.43. The van der Waals surface area contributed by atoms with E-state index in [1.165, 1.54) is 42.7 Å². The third kappa shape index (κ3) is 4.37. The Morgan fingerprint density at radius 3 is 2.70 bits per heavy atom. The number of hydrogen-bond donors (Lipinski definition) is 0. The molecule has 0 amide bonds. The van der Waals surface area contributed by atoms with Gasteiger partial charge >= 0.3 is 0 Å². The van der Waals surface area contributed by atoms with Crippen molar-refractivity contribution < 1.29 is 0 Å². The number of likely N-dealkylation sites (tertiary alicyclic amines) is 1. The van der Waals surface area contributed by atoms with E-state index in [1.807, 2.05) is 11.3 Å². The van der Waals surface area contributed by atoms with Gasteiger partial charge in [-0.25, -0.2) is 19.3 Å². The van der Waals surface area contributed by atoms with Gasteiger partial charge in [-0.05, 0) is 50.8 Å². The SMILES string of the molecule is O=c1ccc(-n2cncn2)nn1CC1CCN(Cc2csc(C3CCCC3)n2)CC1. The van der Waals surface area contributed by atoms with E-state index >= 15 is 0 Å². The van der Waals surface area contributed by atoms with Crippen molar-refractivity contribution in [2.45, 2.75) is 57.5 Å². The summed E-state index contributed by atoms with van der Waals surface area (Å²) in [6.45, 7) is 3.67. The van der Waals surface area contributed by atoms with Crippen LogP contribution in [0.15, 0.2) is 35.0 Å². The molecule has 0 aromatic carbocycles. The van der Waals surface area contributed by atoms with Gasteiger partial charge in [0, 0.05) is 30.5 Å². The van der Waals surface area contributed by atoms with Crippen LogP contribution in [0, 0.1) is 5.92 Å². The molecule has 30 heavy (non-hydrogen) atoms. The summed E-state index contributed by atoms with van der Waals surface area (Å²) in [5, 5.41) is 12.2. The van der Waals surface area contributed by atoms with Crippen molar-refractivity contribution in [2.75, 3.05) is 13.1 Å². The lowest BCUT2D eigenvalue weighted by Crippen LogP contribution is -2.36. The summed E-state index contributed by atoms with van der Waals surface area (Å²) in [4.78, 5) is 23.6. The summed E-state index contributed by atoms with van der Waals surface area (Å²) >= 11 is 1.84. The molecule has 2 aliphatic rings. The molecule has 3 aromatic rings. The highest BCUT2D eigenvalue weighted by atomic mass is 32.1. The molecule has 1 aliphatic heterocycles. The Morgan fingerprint density at radius 1 is 1.10 bits per heavy atom. The van der Waals surface area contributed by atoms with Crippen molar-refractivity contribution in [1.29, 1.82) is 0 Å². The smallest absolute Gasteiger partial charge is 0.266 e. The zero-order valence-electron chi connectivity index (χ0n) is 17.1. The van der Waals surface area contributed by atoms with Gasteiger partial charge in [-0.15, -0.1) is 16.4 Å². The van der Waals surface area contributed by atoms with Crippen LogP contribution in [0.3, 0.4) is 0 Å². The summed E-state index contributed by atoms with van der Waals surface area (Å²) in [6, 6.07) is 3.24. The van der Waals surface area contributed by atoms with E-state index < -0.39 is 0 Å². The van der Waals surface area contributed by atoms with Crippen molar-refractivity contribution in [3.05, 3.63) is 51.2 Å². The monoisotopic (exact) mass is 425 g/mol. The molecular weight excluding hydrogens is 398 g/mol. The van der Waals surface area contributed by atoms with Gasteiger partial charge in [0.2, 0.25) is 0 Å². The van der Waals surface area contributed by atoms with Gasteiger partial charge in [0.25, 0.3) is 5.56 Å². The molecule has 1 aliphatic carbocycles. The third-order valence-corrected chi connectivity index (χ3v) is 7.36. The first-order valence-corrected chi connectivity index (χ1v) is 11.7. The average Bonchev–Trinajstić information content (AvgIpc) is 3.53. The second-order valence-corrected chi connectivity index (χ2v) is 9.32. The summed E-state index contributed by atoms with van der Waals surface area (Å²) < 4.78 is 3.15. The van der Waals surface area contributed by atoms with E-state index in [-0.39, 0.29) is 5.56 Å². The van der Waals surface area contributed by atoms with Gasteiger partial charge in [-0.1, -0.05) is 12.8 Å². The molecule has 0 atom stereocenters. The van der Waals surface area contributed by atoms with Crippen LogP contribution in [0.25, 0.3) is 5.82 Å². The first-order valence-electron chi connectivity index (χ1n) is 10.8. The molecule has 1 saturated heterocycles. The van der Waals surface area contributed by atoms with Gasteiger partial charge in [0.15, 0.2) is 5.82 Å². The first-order chi connectivity index (χ1) is 14.7. The highest BCUT2D eigenvalue weighted by Crippen LogP contribution is 2.35. The van der Waals surface area contributed by atoms with Crippen LogP contribution in [-0.2, 0) is 13.1 Å². The van der Waals surface area contributed by atoms with E-state index in [9.17, 15) is 4.79 Å². The average molecular weight is 426 g/mol. The van der Waals surface area contributed by atoms with E-state index in [2.05, 4.69) is 25.5 Å². The van der Waals surface area contributed by atoms with Crippen LogP contribution in [0.5, 0.6) is 0 Å². The molecule has 8 nitrogen and oxygen atoms in total. The van der Waals surface area contributed by atoms with Crippen molar-refractivity contribution in [3.8, 4) is 5.82 Å². The lowest BCUT2D eigenvalue weighted by atomic mass is 9.97. The lowest BCUT2D eigenvalue weighted by Gasteiger charge is -2.31. The highest BCUT2D eigenvalue weighted by molar-refractivity contribution is 7.09. The van der Waals surface area contributed by atoms with Crippen molar-refractivity contribution in [2.24, 2.45) is 5.92 Å². The van der Waals surface area contributed by atoms with E-state index in [1.54, 1.807) is 27.8 Å². The molecular formula is C21H27N7OS. The molecule has 158 valence electrons. The van der Waals surface area contributed by atoms with E-state index in [0.717, 1.165) is 32.5 Å². The number of nitrogens with zero attached hydrogens (tertiary/aromatic N) is 7. The van der Waals surface area contributed by atoms with Crippen molar-refractivity contribution in [1.82, 2.24) is 34.4 Å². The van der Waals surface area contributed by atoms with Crippen molar-refractivity contribution in [3.63, 3.8) is 0 Å². The maximum absolute atomic E-state index is 12.3. The largest absolute Gasteiger partial charge is 0.297 e. The topological polar surface area (TPSA) is 81.7 Å². The van der Waals surface area contributed by atoms with E-state index in [4.69, 9.17) is 4.98 Å². The predicted molar refractivity (Wildman–Crippen MR) is 115 cm³/mol. The molecule has 0 radical (unpaired) electrons. The number of thiazole rings is 1. The fraction of sp³-hybridized carbons (Fsp3) is 0.571. The molecule has 3 aromatic heterocycles. The molecule has 5 rings (SSSR count). The maximum atomic E-state index is 12.3. The number of rotatable bonds is 6. The standard InChI is InChI=1S/C21H27N7OS/c29-20-6-5-19(28-15-22-14-23-28)25-27(20)11-16-7-9-26(10-8-16)12-18-13-30-21(24-18)17-3-1-2-4-17/h5-6,13-17H,1-4,7-12H2.